The third kappa shape index (κ3) is 3.65. The molecule has 0 radical (unpaired) electrons. The third-order valence-electron chi connectivity index (χ3n) is 5.22. The zero-order valence-corrected chi connectivity index (χ0v) is 16.6. The van der Waals surface area contributed by atoms with Gasteiger partial charge < -0.3 is 4.90 Å². The second-order valence-corrected chi connectivity index (χ2v) is 8.27. The Balaban J connectivity index is 1.33. The van der Waals surface area contributed by atoms with Crippen molar-refractivity contribution in [1.82, 2.24) is 14.8 Å². The number of aromatic nitrogens is 3. The maximum absolute atomic E-state index is 9.17. The fraction of sp³-hybridized carbons (Fsp3) is 0.174. The van der Waals surface area contributed by atoms with Gasteiger partial charge in [-0.05, 0) is 53.4 Å². The van der Waals surface area contributed by atoms with Crippen molar-refractivity contribution in [3.05, 3.63) is 94.3 Å². The van der Waals surface area contributed by atoms with Crippen molar-refractivity contribution in [2.75, 3.05) is 11.4 Å². The van der Waals surface area contributed by atoms with E-state index in [4.69, 9.17) is 5.26 Å². The number of hydrogen-bond donors (Lipinski definition) is 0. The number of fused-ring (bicyclic) bond motifs is 1. The summed E-state index contributed by atoms with van der Waals surface area (Å²) in [4.78, 5) is 8.25. The highest BCUT2D eigenvalue weighted by molar-refractivity contribution is 7.15. The lowest BCUT2D eigenvalue weighted by Gasteiger charge is -2.28. The fourth-order valence-electron chi connectivity index (χ4n) is 3.75. The molecular formula is C23H19N5S. The van der Waals surface area contributed by atoms with Gasteiger partial charge in [0.1, 0.15) is 0 Å². The molecule has 142 valence electrons. The van der Waals surface area contributed by atoms with Crippen LogP contribution in [0.3, 0.4) is 0 Å². The Morgan fingerprint density at radius 1 is 1.10 bits per heavy atom. The largest absolute Gasteiger partial charge is 0.343 e. The van der Waals surface area contributed by atoms with E-state index in [2.05, 4.69) is 51.4 Å². The molecule has 5 nitrogen and oxygen atoms in total. The number of benzene rings is 2. The molecule has 0 fully saturated rings. The number of rotatable bonds is 4. The van der Waals surface area contributed by atoms with Crippen molar-refractivity contribution >= 4 is 16.5 Å². The molecule has 0 unspecified atom stereocenters. The first-order chi connectivity index (χ1) is 14.3. The zero-order chi connectivity index (χ0) is 19.6. The topological polar surface area (TPSA) is 57.7 Å². The minimum Gasteiger partial charge on any atom is -0.343 e. The molecule has 0 saturated heterocycles. The number of hydrogen-bond acceptors (Lipinski definition) is 5. The molecule has 6 heteroatoms. The Morgan fingerprint density at radius 2 is 2.07 bits per heavy atom. The molecule has 0 saturated carbocycles. The second kappa shape index (κ2) is 7.53. The van der Waals surface area contributed by atoms with E-state index in [0.29, 0.717) is 0 Å². The van der Waals surface area contributed by atoms with Crippen LogP contribution in [0, 0.1) is 11.3 Å². The van der Waals surface area contributed by atoms with E-state index in [-0.39, 0.29) is 0 Å². The SMILES string of the molecule is N#Cc1ccc2c(c1)CN(c1ncc(Cc3cccc(-n4cccn4)c3)s1)CC2. The van der Waals surface area contributed by atoms with Gasteiger partial charge in [0.15, 0.2) is 5.13 Å². The van der Waals surface area contributed by atoms with Crippen LogP contribution in [0.5, 0.6) is 0 Å². The average molecular weight is 398 g/mol. The molecule has 29 heavy (non-hydrogen) atoms. The molecule has 0 atom stereocenters. The lowest BCUT2D eigenvalue weighted by molar-refractivity contribution is 0.728. The predicted molar refractivity (Wildman–Crippen MR) is 114 cm³/mol. The van der Waals surface area contributed by atoms with Crippen molar-refractivity contribution in [2.24, 2.45) is 0 Å². The lowest BCUT2D eigenvalue weighted by Crippen LogP contribution is -2.30. The van der Waals surface area contributed by atoms with Crippen LogP contribution in [-0.4, -0.2) is 21.3 Å². The maximum atomic E-state index is 9.17. The minimum absolute atomic E-state index is 0.725. The van der Waals surface area contributed by atoms with Gasteiger partial charge in [-0.25, -0.2) is 9.67 Å². The Morgan fingerprint density at radius 3 is 2.93 bits per heavy atom. The highest BCUT2D eigenvalue weighted by Gasteiger charge is 2.19. The van der Waals surface area contributed by atoms with E-state index in [1.807, 2.05) is 35.3 Å². The molecule has 0 bridgehead atoms. The predicted octanol–water partition coefficient (Wildman–Crippen LogP) is 4.35. The summed E-state index contributed by atoms with van der Waals surface area (Å²) in [5.74, 6) is 0. The number of nitriles is 1. The Hall–Kier alpha value is -3.43. The maximum Gasteiger partial charge on any atom is 0.185 e. The summed E-state index contributed by atoms with van der Waals surface area (Å²) in [5, 5.41) is 14.5. The van der Waals surface area contributed by atoms with Crippen LogP contribution in [0.25, 0.3) is 5.69 Å². The van der Waals surface area contributed by atoms with Gasteiger partial charge in [-0.2, -0.15) is 10.4 Å². The summed E-state index contributed by atoms with van der Waals surface area (Å²) >= 11 is 1.75. The molecule has 0 N–H and O–H groups in total. The van der Waals surface area contributed by atoms with Crippen LogP contribution in [-0.2, 0) is 19.4 Å². The average Bonchev–Trinajstić information content (AvgIpc) is 3.46. The van der Waals surface area contributed by atoms with Crippen LogP contribution >= 0.6 is 11.3 Å². The van der Waals surface area contributed by atoms with Gasteiger partial charge in [0.25, 0.3) is 0 Å². The van der Waals surface area contributed by atoms with E-state index in [1.165, 1.54) is 21.6 Å². The Bertz CT molecular complexity index is 1190. The molecule has 2 aromatic heterocycles. The summed E-state index contributed by atoms with van der Waals surface area (Å²) in [7, 11) is 0. The molecule has 0 aliphatic carbocycles. The summed E-state index contributed by atoms with van der Waals surface area (Å²) in [5.41, 5.74) is 5.61. The van der Waals surface area contributed by atoms with Gasteiger partial charge in [-0.1, -0.05) is 18.2 Å². The van der Waals surface area contributed by atoms with Crippen LogP contribution in [0.2, 0.25) is 0 Å². The van der Waals surface area contributed by atoms with Crippen LogP contribution in [0.4, 0.5) is 5.13 Å². The first-order valence-corrected chi connectivity index (χ1v) is 10.4. The van der Waals surface area contributed by atoms with Crippen molar-refractivity contribution in [3.8, 4) is 11.8 Å². The van der Waals surface area contributed by atoms with E-state index >= 15 is 0 Å². The zero-order valence-electron chi connectivity index (χ0n) is 15.8. The van der Waals surface area contributed by atoms with E-state index in [9.17, 15) is 0 Å². The lowest BCUT2D eigenvalue weighted by atomic mass is 9.98. The first kappa shape index (κ1) is 17.7. The molecule has 2 aromatic carbocycles. The molecule has 4 aromatic rings. The standard InChI is InChI=1S/C23H19N5S/c24-14-18-5-6-19-7-10-27(16-20(19)11-18)23-25-15-22(29-23)13-17-3-1-4-21(12-17)28-9-2-8-26-28/h1-6,8-9,11-12,15H,7,10,13,16H2. The third-order valence-corrected chi connectivity index (χ3v) is 6.28. The van der Waals surface area contributed by atoms with Gasteiger partial charge in [0.2, 0.25) is 0 Å². The van der Waals surface area contributed by atoms with Crippen molar-refractivity contribution in [3.63, 3.8) is 0 Å². The normalized spacial score (nSPS) is 13.1. The minimum atomic E-state index is 0.725. The number of thiazole rings is 1. The van der Waals surface area contributed by atoms with Gasteiger partial charge in [-0.15, -0.1) is 11.3 Å². The van der Waals surface area contributed by atoms with Crippen LogP contribution in [0.1, 0.15) is 27.1 Å². The summed E-state index contributed by atoms with van der Waals surface area (Å²) < 4.78 is 1.88. The summed E-state index contributed by atoms with van der Waals surface area (Å²) in [6.07, 6.45) is 7.58. The molecule has 5 rings (SSSR count). The first-order valence-electron chi connectivity index (χ1n) is 9.59. The van der Waals surface area contributed by atoms with Gasteiger partial charge in [0, 0.05) is 43.0 Å². The molecule has 1 aliphatic rings. The molecule has 0 amide bonds. The highest BCUT2D eigenvalue weighted by atomic mass is 32.1. The smallest absolute Gasteiger partial charge is 0.185 e. The molecular weight excluding hydrogens is 378 g/mol. The van der Waals surface area contributed by atoms with Crippen molar-refractivity contribution < 1.29 is 0 Å². The van der Waals surface area contributed by atoms with E-state index in [0.717, 1.165) is 42.3 Å². The Kier molecular flexibility index (Phi) is 4.59. The Labute approximate surface area is 173 Å². The van der Waals surface area contributed by atoms with Gasteiger partial charge >= 0.3 is 0 Å². The molecule has 0 spiro atoms. The summed E-state index contributed by atoms with van der Waals surface area (Å²) in [6, 6.07) is 18.6. The van der Waals surface area contributed by atoms with Gasteiger partial charge in [0.05, 0.1) is 17.3 Å². The quantitative estimate of drug-likeness (QED) is 0.514. The second-order valence-electron chi connectivity index (χ2n) is 7.17. The number of nitrogens with zero attached hydrogens (tertiary/aromatic N) is 5. The summed E-state index contributed by atoms with van der Waals surface area (Å²) in [6.45, 7) is 1.77. The van der Waals surface area contributed by atoms with E-state index in [1.54, 1.807) is 17.5 Å². The molecule has 3 heterocycles. The van der Waals surface area contributed by atoms with Crippen molar-refractivity contribution in [2.45, 2.75) is 19.4 Å². The van der Waals surface area contributed by atoms with Crippen molar-refractivity contribution in [1.29, 1.82) is 5.26 Å². The van der Waals surface area contributed by atoms with Crippen LogP contribution in [0.15, 0.2) is 67.1 Å². The van der Waals surface area contributed by atoms with Crippen LogP contribution < -0.4 is 4.90 Å². The molecule has 1 aliphatic heterocycles. The van der Waals surface area contributed by atoms with Gasteiger partial charge in [-0.3, -0.25) is 0 Å². The monoisotopic (exact) mass is 397 g/mol. The fourth-order valence-corrected chi connectivity index (χ4v) is 4.72. The highest BCUT2D eigenvalue weighted by Crippen LogP contribution is 2.30. The van der Waals surface area contributed by atoms with E-state index < -0.39 is 0 Å². The number of anilines is 1.